The van der Waals surface area contributed by atoms with Gasteiger partial charge in [0.15, 0.2) is 0 Å². The fraction of sp³-hybridized carbons (Fsp3) is 0.0667. The summed E-state index contributed by atoms with van der Waals surface area (Å²) in [6.45, 7) is 0. The topological polar surface area (TPSA) is 74.6 Å². The van der Waals surface area contributed by atoms with Crippen molar-refractivity contribution < 1.29 is 19.8 Å². The normalized spacial score (nSPS) is 17.6. The van der Waals surface area contributed by atoms with Crippen LogP contribution in [0.4, 0.5) is 0 Å². The third kappa shape index (κ3) is 1.06. The number of rotatable bonds is 0. The smallest absolute Gasteiger partial charge is 0.295 e. The van der Waals surface area contributed by atoms with Crippen molar-refractivity contribution in [3.8, 4) is 22.3 Å². The molecule has 19 heavy (non-hydrogen) atoms. The second-order valence-corrected chi connectivity index (χ2v) is 4.82. The van der Waals surface area contributed by atoms with Gasteiger partial charge < -0.3 is 10.2 Å². The Labute approximate surface area is 107 Å². The lowest BCUT2D eigenvalue weighted by Crippen LogP contribution is -2.40. The Hall–Kier alpha value is -2.30. The zero-order chi connectivity index (χ0) is 13.4. The van der Waals surface area contributed by atoms with Crippen LogP contribution in [0.25, 0.3) is 22.3 Å². The minimum absolute atomic E-state index is 0.0863. The maximum absolute atomic E-state index is 11.8. The standard InChI is InChI=1S/C15H8O4/c16-13-11-5-9-7-3-1-2-4-8(7)10(9)6-12(11)14(17)15(13,18)19/h1-6,18-19H. The molecular weight excluding hydrogens is 244 g/mol. The van der Waals surface area contributed by atoms with Crippen LogP contribution in [0.15, 0.2) is 36.4 Å². The molecule has 0 aliphatic heterocycles. The highest BCUT2D eigenvalue weighted by Gasteiger charge is 2.51. The lowest BCUT2D eigenvalue weighted by atomic mass is 9.79. The minimum atomic E-state index is -2.91. The summed E-state index contributed by atoms with van der Waals surface area (Å²) in [7, 11) is 0. The average molecular weight is 252 g/mol. The van der Waals surface area contributed by atoms with Crippen molar-refractivity contribution in [1.29, 1.82) is 0 Å². The van der Waals surface area contributed by atoms with Crippen molar-refractivity contribution >= 4 is 11.6 Å². The fourth-order valence-electron chi connectivity index (χ4n) is 2.79. The van der Waals surface area contributed by atoms with Gasteiger partial charge in [0.05, 0.1) is 0 Å². The van der Waals surface area contributed by atoms with E-state index < -0.39 is 17.4 Å². The first kappa shape index (κ1) is 10.6. The van der Waals surface area contributed by atoms with Crippen LogP contribution < -0.4 is 0 Å². The Morgan fingerprint density at radius 2 is 1.11 bits per heavy atom. The highest BCUT2D eigenvalue weighted by molar-refractivity contribution is 6.31. The number of carbonyl (C=O) groups is 2. The van der Waals surface area contributed by atoms with E-state index in [1.54, 1.807) is 12.1 Å². The molecule has 2 aliphatic carbocycles. The summed E-state index contributed by atoms with van der Waals surface area (Å²) in [6.07, 6.45) is 0. The molecule has 0 radical (unpaired) electrons. The summed E-state index contributed by atoms with van der Waals surface area (Å²) in [6, 6.07) is 10.8. The Balaban J connectivity index is 1.99. The molecule has 4 rings (SSSR count). The van der Waals surface area contributed by atoms with Gasteiger partial charge in [-0.2, -0.15) is 0 Å². The SMILES string of the molecule is O=C1c2cc3c(cc2C(=O)C1(O)O)-c1ccccc1-3. The van der Waals surface area contributed by atoms with Gasteiger partial charge in [-0.05, 0) is 34.4 Å². The van der Waals surface area contributed by atoms with Crippen LogP contribution in [0.3, 0.4) is 0 Å². The van der Waals surface area contributed by atoms with Crippen LogP contribution in [0.1, 0.15) is 20.7 Å². The number of ketones is 2. The number of hydrogen-bond donors (Lipinski definition) is 2. The zero-order valence-electron chi connectivity index (χ0n) is 9.68. The number of fused-ring (bicyclic) bond motifs is 5. The van der Waals surface area contributed by atoms with Crippen molar-refractivity contribution in [2.75, 3.05) is 0 Å². The highest BCUT2D eigenvalue weighted by atomic mass is 16.5. The van der Waals surface area contributed by atoms with Crippen LogP contribution in [0.5, 0.6) is 0 Å². The zero-order valence-corrected chi connectivity index (χ0v) is 9.68. The Kier molecular flexibility index (Phi) is 1.67. The van der Waals surface area contributed by atoms with Gasteiger partial charge >= 0.3 is 0 Å². The second kappa shape index (κ2) is 2.99. The summed E-state index contributed by atoms with van der Waals surface area (Å²) in [5.41, 5.74) is 3.93. The van der Waals surface area contributed by atoms with Crippen molar-refractivity contribution in [1.82, 2.24) is 0 Å². The molecule has 0 heterocycles. The van der Waals surface area contributed by atoms with Gasteiger partial charge in [0.1, 0.15) is 0 Å². The molecule has 2 aromatic rings. The highest BCUT2D eigenvalue weighted by Crippen LogP contribution is 2.49. The summed E-state index contributed by atoms with van der Waals surface area (Å²) >= 11 is 0. The minimum Gasteiger partial charge on any atom is -0.353 e. The first-order valence-electron chi connectivity index (χ1n) is 5.84. The lowest BCUT2D eigenvalue weighted by molar-refractivity contribution is -0.0857. The quantitative estimate of drug-likeness (QED) is 0.468. The van der Waals surface area contributed by atoms with E-state index >= 15 is 0 Å². The second-order valence-electron chi connectivity index (χ2n) is 4.82. The molecule has 0 amide bonds. The van der Waals surface area contributed by atoms with E-state index in [0.717, 1.165) is 22.3 Å². The van der Waals surface area contributed by atoms with Gasteiger partial charge in [0.2, 0.25) is 11.6 Å². The number of benzene rings is 2. The van der Waals surface area contributed by atoms with E-state index in [2.05, 4.69) is 0 Å². The van der Waals surface area contributed by atoms with Gasteiger partial charge in [-0.25, -0.2) is 0 Å². The van der Waals surface area contributed by atoms with E-state index in [0.29, 0.717) is 0 Å². The number of aliphatic hydroxyl groups is 2. The monoisotopic (exact) mass is 252 g/mol. The van der Waals surface area contributed by atoms with E-state index in [9.17, 15) is 19.8 Å². The van der Waals surface area contributed by atoms with Gasteiger partial charge in [0.25, 0.3) is 5.79 Å². The molecule has 2 aliphatic rings. The maximum atomic E-state index is 11.8. The number of carbonyl (C=O) groups excluding carboxylic acids is 2. The van der Waals surface area contributed by atoms with Gasteiger partial charge in [-0.3, -0.25) is 9.59 Å². The van der Waals surface area contributed by atoms with E-state index in [1.165, 1.54) is 0 Å². The van der Waals surface area contributed by atoms with Gasteiger partial charge in [-0.1, -0.05) is 24.3 Å². The lowest BCUT2D eigenvalue weighted by Gasteiger charge is -2.24. The van der Waals surface area contributed by atoms with Crippen LogP contribution >= 0.6 is 0 Å². The van der Waals surface area contributed by atoms with Crippen LogP contribution in [-0.4, -0.2) is 27.6 Å². The Morgan fingerprint density at radius 1 is 0.684 bits per heavy atom. The largest absolute Gasteiger partial charge is 0.353 e. The molecule has 4 heteroatoms. The predicted molar refractivity (Wildman–Crippen MR) is 66.7 cm³/mol. The molecule has 2 aromatic carbocycles. The first-order valence-corrected chi connectivity index (χ1v) is 5.84. The molecule has 0 unspecified atom stereocenters. The predicted octanol–water partition coefficient (Wildman–Crippen LogP) is 1.39. The molecule has 0 spiro atoms. The summed E-state index contributed by atoms with van der Waals surface area (Å²) in [4.78, 5) is 23.6. The van der Waals surface area contributed by atoms with Crippen LogP contribution in [-0.2, 0) is 0 Å². The fourth-order valence-corrected chi connectivity index (χ4v) is 2.79. The first-order chi connectivity index (χ1) is 9.01. The Bertz CT molecular complexity index is 723. The van der Waals surface area contributed by atoms with Crippen LogP contribution in [0.2, 0.25) is 0 Å². The summed E-state index contributed by atoms with van der Waals surface area (Å²) in [5, 5.41) is 19.1. The molecule has 2 N–H and O–H groups in total. The molecule has 92 valence electrons. The average Bonchev–Trinajstić information content (AvgIpc) is 2.57. The summed E-state index contributed by atoms with van der Waals surface area (Å²) in [5.74, 6) is -4.80. The molecule has 0 saturated heterocycles. The molecule has 0 saturated carbocycles. The maximum Gasteiger partial charge on any atom is 0.295 e. The molecular formula is C15H8O4. The third-order valence-corrected chi connectivity index (χ3v) is 3.79. The number of hydrogen-bond acceptors (Lipinski definition) is 4. The van der Waals surface area contributed by atoms with Crippen molar-refractivity contribution in [3.63, 3.8) is 0 Å². The van der Waals surface area contributed by atoms with Crippen molar-refractivity contribution in [3.05, 3.63) is 47.5 Å². The number of Topliss-reactive ketones (excluding diaryl/α,β-unsaturated/α-hetero) is 2. The van der Waals surface area contributed by atoms with E-state index in [-0.39, 0.29) is 11.1 Å². The van der Waals surface area contributed by atoms with Crippen molar-refractivity contribution in [2.24, 2.45) is 0 Å². The molecule has 0 fully saturated rings. The van der Waals surface area contributed by atoms with E-state index in [4.69, 9.17) is 0 Å². The molecule has 4 nitrogen and oxygen atoms in total. The molecule has 0 atom stereocenters. The van der Waals surface area contributed by atoms with Gasteiger partial charge in [0, 0.05) is 11.1 Å². The van der Waals surface area contributed by atoms with E-state index in [1.807, 2.05) is 24.3 Å². The third-order valence-electron chi connectivity index (χ3n) is 3.79. The molecule has 0 bridgehead atoms. The van der Waals surface area contributed by atoms with Crippen molar-refractivity contribution in [2.45, 2.75) is 5.79 Å². The Morgan fingerprint density at radius 3 is 1.53 bits per heavy atom. The van der Waals surface area contributed by atoms with Crippen LogP contribution in [0, 0.1) is 0 Å². The summed E-state index contributed by atoms with van der Waals surface area (Å²) < 4.78 is 0. The van der Waals surface area contributed by atoms with Gasteiger partial charge in [-0.15, -0.1) is 0 Å². The molecule has 0 aromatic heterocycles.